The molecule has 0 amide bonds. The number of pyridine rings is 9. The summed E-state index contributed by atoms with van der Waals surface area (Å²) in [6.07, 6.45) is 17.7. The molecule has 10 heterocycles. The Morgan fingerprint density at radius 1 is 0.269 bits per heavy atom. The van der Waals surface area contributed by atoms with Crippen molar-refractivity contribution in [3.63, 3.8) is 0 Å². The molecule has 10 aromatic heterocycles. The van der Waals surface area contributed by atoms with E-state index in [0.717, 1.165) is 119 Å². The molecule has 0 fully saturated rings. The molecule has 0 saturated carbocycles. The molecule has 0 atom stereocenters. The van der Waals surface area contributed by atoms with Gasteiger partial charge in [-0.1, -0.05) is 230 Å². The normalized spacial score (nSPS) is 10.4. The Kier molecular flexibility index (Phi) is 41.9. The maximum absolute atomic E-state index is 5.97. The molecule has 0 N–H and O–H groups in total. The van der Waals surface area contributed by atoms with Gasteiger partial charge in [-0.05, 0) is 176 Å². The Hall–Kier alpha value is -13.1. The molecule has 678 valence electrons. The molecule has 4 radical (unpaired) electrons. The maximum atomic E-state index is 5.97. The van der Waals surface area contributed by atoms with Gasteiger partial charge in [0.2, 0.25) is 0 Å². The molecule has 14 heteroatoms. The van der Waals surface area contributed by atoms with Crippen LogP contribution in [0.4, 0.5) is 0 Å². The second-order valence-corrected chi connectivity index (χ2v) is 33.2. The average molecular weight is 2460 g/mol. The molecule has 10 nitrogen and oxygen atoms in total. The number of aryl methyl sites for hydroxylation is 3. The van der Waals surface area contributed by atoms with E-state index in [0.29, 0.717) is 5.92 Å². The van der Waals surface area contributed by atoms with Crippen LogP contribution < -0.4 is 0 Å². The summed E-state index contributed by atoms with van der Waals surface area (Å²) < 4.78 is 5.97. The van der Waals surface area contributed by atoms with Crippen molar-refractivity contribution in [3.05, 3.63) is 490 Å². The van der Waals surface area contributed by atoms with Gasteiger partial charge in [0.25, 0.3) is 0 Å². The van der Waals surface area contributed by atoms with Gasteiger partial charge in [-0.15, -0.1) is 239 Å². The minimum Gasteiger partial charge on any atom is -0.501 e. The van der Waals surface area contributed by atoms with Gasteiger partial charge >= 0.3 is 0 Å². The van der Waals surface area contributed by atoms with Crippen LogP contribution >= 0.6 is 0 Å². The van der Waals surface area contributed by atoms with Crippen molar-refractivity contribution in [1.82, 2.24) is 44.9 Å². The summed E-state index contributed by atoms with van der Waals surface area (Å²) in [6.45, 7) is 23.8. The first-order chi connectivity index (χ1) is 63.3. The first kappa shape index (κ1) is 105. The molecule has 0 aliphatic heterocycles. The van der Waals surface area contributed by atoms with E-state index in [1.165, 1.54) is 55.6 Å². The molecule has 0 aliphatic rings. The molecule has 134 heavy (non-hydrogen) atoms. The van der Waals surface area contributed by atoms with E-state index in [9.17, 15) is 0 Å². The number of fused-ring (bicyclic) bond motifs is 3. The Balaban J connectivity index is 0.000000172. The average Bonchev–Trinajstić information content (AvgIpc) is 1.62. The van der Waals surface area contributed by atoms with Crippen LogP contribution in [-0.4, -0.2) is 44.9 Å². The molecule has 10 aromatic carbocycles. The quantitative estimate of drug-likeness (QED) is 0.109. The zero-order valence-electron chi connectivity index (χ0n) is 76.7. The summed E-state index contributed by atoms with van der Waals surface area (Å²) in [5.74, 6) is 0.677. The molecule has 20 rings (SSSR count). The monoisotopic (exact) mass is 2460 g/mol. The van der Waals surface area contributed by atoms with Crippen LogP contribution in [0, 0.1) is 75.2 Å². The Morgan fingerprint density at radius 3 is 1.06 bits per heavy atom. The maximum Gasteiger partial charge on any atom is 0.120 e. The Morgan fingerprint density at radius 2 is 0.649 bits per heavy atom. The molecule has 0 aliphatic carbocycles. The summed E-state index contributed by atoms with van der Waals surface area (Å²) in [6, 6.07) is 142. The van der Waals surface area contributed by atoms with Crippen LogP contribution in [0.1, 0.15) is 88.8 Å². The Labute approximate surface area is 845 Å². The van der Waals surface area contributed by atoms with Gasteiger partial charge < -0.3 is 44.3 Å². The topological polar surface area (TPSA) is 129 Å². The van der Waals surface area contributed by atoms with Crippen LogP contribution in [0.2, 0.25) is 0 Å². The third-order valence-electron chi connectivity index (χ3n) is 20.5. The van der Waals surface area contributed by atoms with E-state index >= 15 is 0 Å². The molecule has 0 bridgehead atoms. The van der Waals surface area contributed by atoms with Gasteiger partial charge in [0, 0.05) is 135 Å². The fourth-order valence-corrected chi connectivity index (χ4v) is 13.6. The van der Waals surface area contributed by atoms with E-state index in [4.69, 9.17) is 4.42 Å². The summed E-state index contributed by atoms with van der Waals surface area (Å²) in [5.41, 5.74) is 29.8. The number of rotatable bonds is 12. The van der Waals surface area contributed by atoms with Gasteiger partial charge in [0.1, 0.15) is 5.58 Å². The molecule has 20 aromatic rings. The number of benzene rings is 10. The van der Waals surface area contributed by atoms with E-state index < -0.39 is 0 Å². The van der Waals surface area contributed by atoms with Gasteiger partial charge in [-0.25, -0.2) is 0 Å². The second-order valence-electron chi connectivity index (χ2n) is 33.2. The van der Waals surface area contributed by atoms with E-state index in [2.05, 4.69) is 282 Å². The number of nitrogens with zero attached hydrogens (tertiary/aromatic N) is 9. The van der Waals surface area contributed by atoms with Crippen molar-refractivity contribution in [1.29, 1.82) is 0 Å². The molecule has 0 spiro atoms. The summed E-state index contributed by atoms with van der Waals surface area (Å²) in [7, 11) is 0. The third kappa shape index (κ3) is 31.8. The predicted molar refractivity (Wildman–Crippen MR) is 534 cm³/mol. The zero-order valence-corrected chi connectivity index (χ0v) is 86.3. The smallest absolute Gasteiger partial charge is 0.120 e. The molecule has 0 saturated heterocycles. The number of aromatic nitrogens is 9. The number of hydrogen-bond donors (Lipinski definition) is 0. The van der Waals surface area contributed by atoms with E-state index in [1.54, 1.807) is 18.6 Å². The van der Waals surface area contributed by atoms with Gasteiger partial charge in [-0.3, -0.25) is 4.98 Å². The summed E-state index contributed by atoms with van der Waals surface area (Å²) >= 11 is 0. The first-order valence-electron chi connectivity index (χ1n) is 43.5. The van der Waals surface area contributed by atoms with E-state index in [1.807, 2.05) is 276 Å². The van der Waals surface area contributed by atoms with Gasteiger partial charge in [0.05, 0.1) is 5.58 Å². The summed E-state index contributed by atoms with van der Waals surface area (Å²) in [5, 5.41) is 2.23. The van der Waals surface area contributed by atoms with Crippen LogP contribution in [-0.2, 0) is 97.7 Å². The van der Waals surface area contributed by atoms with Gasteiger partial charge in [-0.2, -0.15) is 12.1 Å². The van der Waals surface area contributed by atoms with Crippen LogP contribution in [0.15, 0.2) is 412 Å². The number of furan rings is 1. The van der Waals surface area contributed by atoms with Crippen molar-refractivity contribution >= 4 is 21.9 Å². The van der Waals surface area contributed by atoms with Gasteiger partial charge in [0.15, 0.2) is 0 Å². The fraction of sp³-hybridized carbons (Fsp3) is 0.125. The molecular formula is C120H103Ir4N9O-8. The molecular weight excluding hydrogens is 2350 g/mol. The third-order valence-corrected chi connectivity index (χ3v) is 20.5. The van der Waals surface area contributed by atoms with Crippen molar-refractivity contribution < 1.29 is 84.8 Å². The summed E-state index contributed by atoms with van der Waals surface area (Å²) in [4.78, 5) is 39.1. The van der Waals surface area contributed by atoms with Crippen molar-refractivity contribution in [3.8, 4) is 112 Å². The minimum absolute atomic E-state index is 0. The Bertz CT molecular complexity index is 6650. The number of hydrogen-bond acceptors (Lipinski definition) is 10. The zero-order chi connectivity index (χ0) is 90.7. The molecule has 0 unspecified atom stereocenters. The standard InChI is InChI=1S/C21H20N.C18H14N.C17H10NO.2C15H16N.2C12H10N.C10H7N2.4Ir/c1-21(2,3)19-12-13-22-20(15-19)18-11-7-10-17(14-18)16-8-5-4-6-9-16;1-14-10-11-18(19-13-14)17-9-5-8-16(12-17)15-6-3-2-4-7-15;1-2-10-16-12(6-1)13-7-5-8-14(17(13)19-16)15-9-3-4-11-18-15;1-15(2,3)13-9-10-16-14(11-13)12-7-5-4-6-8-12;1-12(2)10-13-8-9-15(16-11-13)14-6-4-3-5-7-14;2*1-10-7-8-12(13-9-10)11-5-3-2-4-6-11;1-3-7-11-9(5-1)10-6-2-4-8-12-10;;;;/h4-10,12-15H,1-3H3;2-8,10-13H,1H3;1-7,9-11H;4-7,9-11H,1-3H3;3-6,8-9,11-12H,10H2,1-2H3;2*2-5,7-9H,1H3;1-5,7-8H;;;;/q8*-1;;;;. The minimum atomic E-state index is 0. The van der Waals surface area contributed by atoms with Crippen molar-refractivity contribution in [2.24, 2.45) is 5.92 Å². The fourth-order valence-electron chi connectivity index (χ4n) is 13.6. The largest absolute Gasteiger partial charge is 0.501 e. The van der Waals surface area contributed by atoms with Crippen molar-refractivity contribution in [2.75, 3.05) is 0 Å². The SMILES string of the molecule is CC(C)(C)c1ccnc(-c2[c-]ccc(-c3ccccc3)c2)c1.CC(C)(C)c1ccnc(-c2[c-]cccc2)c1.CC(C)Cc1ccc(-c2[c-]cccc2)nc1.Cc1ccc(-c2[c-]ccc(-c3ccccc3)c2)nc1.Cc1ccc(-c2[c-]cccc2)nc1.Cc1ccc(-c2[c-]cccc2)nc1.[Ir].[Ir].[Ir].[Ir].[c-]1ccc2c(oc3ccccc32)c1-c1ccccn1.[c-]1cccnc1-c1ccccn1. The van der Waals surface area contributed by atoms with Crippen LogP contribution in [0.25, 0.3) is 134 Å². The van der Waals surface area contributed by atoms with Crippen LogP contribution in [0.3, 0.4) is 0 Å². The predicted octanol–water partition coefficient (Wildman–Crippen LogP) is 29.7. The van der Waals surface area contributed by atoms with E-state index in [-0.39, 0.29) is 91.3 Å². The van der Waals surface area contributed by atoms with Crippen molar-refractivity contribution in [2.45, 2.75) is 93.4 Å². The van der Waals surface area contributed by atoms with Crippen LogP contribution in [0.5, 0.6) is 0 Å². The second kappa shape index (κ2) is 53.6. The number of para-hydroxylation sites is 1. The first-order valence-corrected chi connectivity index (χ1v) is 43.5.